The number of fused-ring (bicyclic) bond motifs is 1. The van der Waals surface area contributed by atoms with E-state index in [0.717, 1.165) is 10.9 Å². The zero-order valence-corrected chi connectivity index (χ0v) is 14.0. The molecular weight excluding hydrogens is 310 g/mol. The lowest BCUT2D eigenvalue weighted by Gasteiger charge is -2.19. The molecule has 2 aromatic heterocycles. The van der Waals surface area contributed by atoms with Crippen LogP contribution in [-0.2, 0) is 0 Å². The SMILES string of the molecule is CC(C)(C)NC(=O)c1csc(C(=O)c2c[nH]c3ccccc23)n1.[HH].[HH]. The van der Waals surface area contributed by atoms with Crippen LogP contribution in [-0.4, -0.2) is 27.2 Å². The Balaban J connectivity index is 0.00000156. The van der Waals surface area contributed by atoms with Gasteiger partial charge in [0, 0.05) is 30.9 Å². The summed E-state index contributed by atoms with van der Waals surface area (Å²) in [6.07, 6.45) is 1.68. The van der Waals surface area contributed by atoms with Gasteiger partial charge in [-0.2, -0.15) is 0 Å². The third-order valence-corrected chi connectivity index (χ3v) is 4.09. The number of benzene rings is 1. The number of amides is 1. The van der Waals surface area contributed by atoms with Gasteiger partial charge in [-0.3, -0.25) is 9.59 Å². The largest absolute Gasteiger partial charge is 0.360 e. The number of hydrogen-bond donors (Lipinski definition) is 2. The van der Waals surface area contributed by atoms with Crippen LogP contribution in [0, 0.1) is 0 Å². The van der Waals surface area contributed by atoms with Crippen LogP contribution in [0.1, 0.15) is 49.5 Å². The summed E-state index contributed by atoms with van der Waals surface area (Å²) in [5.41, 5.74) is 1.39. The van der Waals surface area contributed by atoms with E-state index in [4.69, 9.17) is 0 Å². The molecule has 122 valence electrons. The quantitative estimate of drug-likeness (QED) is 0.715. The normalized spacial score (nSPS) is 11.6. The monoisotopic (exact) mass is 331 g/mol. The second kappa shape index (κ2) is 5.62. The Morgan fingerprint density at radius 2 is 2.00 bits per heavy atom. The smallest absolute Gasteiger partial charge is 0.271 e. The van der Waals surface area contributed by atoms with Crippen molar-refractivity contribution in [2.24, 2.45) is 0 Å². The second-order valence-electron chi connectivity index (χ2n) is 6.32. The Hall–Kier alpha value is -2.47. The van der Waals surface area contributed by atoms with E-state index in [2.05, 4.69) is 15.3 Å². The average molecular weight is 331 g/mol. The summed E-state index contributed by atoms with van der Waals surface area (Å²) in [6.45, 7) is 5.69. The van der Waals surface area contributed by atoms with Crippen molar-refractivity contribution in [3.63, 3.8) is 0 Å². The number of carbonyl (C=O) groups excluding carboxylic acids is 2. The first-order valence-electron chi connectivity index (χ1n) is 7.24. The standard InChI is InChI=1S/C17H17N3O2S.2H2/c1-17(2,3)20-15(22)13-9-23-16(19-13)14(21)11-8-18-12-7-5-4-6-10(11)12;;/h4-9,18H,1-3H3,(H,20,22);2*1H. The molecule has 2 heterocycles. The van der Waals surface area contributed by atoms with Crippen LogP contribution in [0.15, 0.2) is 35.8 Å². The van der Waals surface area contributed by atoms with Gasteiger partial charge >= 0.3 is 0 Å². The van der Waals surface area contributed by atoms with Crippen LogP contribution in [0.4, 0.5) is 0 Å². The molecule has 0 aliphatic carbocycles. The number of rotatable bonds is 3. The predicted octanol–water partition coefficient (Wildman–Crippen LogP) is 3.88. The first-order chi connectivity index (χ1) is 10.8. The van der Waals surface area contributed by atoms with E-state index >= 15 is 0 Å². The Morgan fingerprint density at radius 1 is 1.26 bits per heavy atom. The van der Waals surface area contributed by atoms with Gasteiger partial charge in [-0.1, -0.05) is 18.2 Å². The summed E-state index contributed by atoms with van der Waals surface area (Å²) >= 11 is 1.18. The highest BCUT2D eigenvalue weighted by Gasteiger charge is 2.21. The van der Waals surface area contributed by atoms with Gasteiger partial charge in [-0.15, -0.1) is 11.3 Å². The molecule has 0 aliphatic heterocycles. The number of ketones is 1. The molecule has 3 aromatic rings. The van der Waals surface area contributed by atoms with Crippen molar-refractivity contribution in [1.29, 1.82) is 0 Å². The van der Waals surface area contributed by atoms with Crippen LogP contribution >= 0.6 is 11.3 Å². The lowest BCUT2D eigenvalue weighted by molar-refractivity contribution is 0.0915. The number of H-pyrrole nitrogens is 1. The summed E-state index contributed by atoms with van der Waals surface area (Å²) < 4.78 is 0. The maximum Gasteiger partial charge on any atom is 0.271 e. The van der Waals surface area contributed by atoms with E-state index < -0.39 is 0 Å². The molecule has 0 aliphatic rings. The summed E-state index contributed by atoms with van der Waals surface area (Å²) in [7, 11) is 0. The van der Waals surface area contributed by atoms with E-state index in [0.29, 0.717) is 10.6 Å². The molecule has 5 nitrogen and oxygen atoms in total. The minimum Gasteiger partial charge on any atom is -0.360 e. The maximum atomic E-state index is 12.6. The Labute approximate surface area is 140 Å². The zero-order valence-electron chi connectivity index (χ0n) is 13.1. The number of para-hydroxylation sites is 1. The summed E-state index contributed by atoms with van der Waals surface area (Å²) in [5.74, 6) is -0.450. The van der Waals surface area contributed by atoms with E-state index in [1.807, 2.05) is 45.0 Å². The molecule has 23 heavy (non-hydrogen) atoms. The molecule has 1 amide bonds. The minimum atomic E-state index is -0.346. The number of hydrogen-bond acceptors (Lipinski definition) is 4. The first-order valence-corrected chi connectivity index (χ1v) is 8.12. The van der Waals surface area contributed by atoms with Crippen LogP contribution in [0.5, 0.6) is 0 Å². The van der Waals surface area contributed by atoms with Crippen molar-refractivity contribution in [1.82, 2.24) is 15.3 Å². The first kappa shape index (κ1) is 15.4. The number of carbonyl (C=O) groups is 2. The van der Waals surface area contributed by atoms with Gasteiger partial charge in [0.2, 0.25) is 5.78 Å². The molecule has 2 N–H and O–H groups in total. The van der Waals surface area contributed by atoms with Crippen LogP contribution in [0.25, 0.3) is 10.9 Å². The molecule has 0 atom stereocenters. The molecule has 1 aromatic carbocycles. The van der Waals surface area contributed by atoms with Crippen molar-refractivity contribution in [3.05, 3.63) is 52.1 Å². The number of nitrogens with one attached hydrogen (secondary N) is 2. The van der Waals surface area contributed by atoms with Crippen molar-refractivity contribution in [2.75, 3.05) is 0 Å². The highest BCUT2D eigenvalue weighted by molar-refractivity contribution is 7.12. The Kier molecular flexibility index (Phi) is 3.77. The summed E-state index contributed by atoms with van der Waals surface area (Å²) in [5, 5.41) is 5.62. The fourth-order valence-electron chi connectivity index (χ4n) is 2.26. The third-order valence-electron chi connectivity index (χ3n) is 3.25. The summed E-state index contributed by atoms with van der Waals surface area (Å²) in [6, 6.07) is 7.60. The molecular formula is C17H21N3O2S. The second-order valence-corrected chi connectivity index (χ2v) is 7.18. The van der Waals surface area contributed by atoms with Crippen LogP contribution in [0.3, 0.4) is 0 Å². The number of aromatic nitrogens is 2. The fourth-order valence-corrected chi connectivity index (χ4v) is 3.01. The molecule has 6 heteroatoms. The van der Waals surface area contributed by atoms with Crippen LogP contribution in [0.2, 0.25) is 0 Å². The van der Waals surface area contributed by atoms with Crippen molar-refractivity contribution in [2.45, 2.75) is 26.3 Å². The van der Waals surface area contributed by atoms with Gasteiger partial charge in [0.05, 0.1) is 5.56 Å². The maximum absolute atomic E-state index is 12.6. The molecule has 0 unspecified atom stereocenters. The summed E-state index contributed by atoms with van der Waals surface area (Å²) in [4.78, 5) is 32.0. The van der Waals surface area contributed by atoms with Crippen LogP contribution < -0.4 is 5.32 Å². The number of aromatic amines is 1. The lowest BCUT2D eigenvalue weighted by Crippen LogP contribution is -2.40. The van der Waals surface area contributed by atoms with Crippen molar-refractivity contribution < 1.29 is 12.4 Å². The highest BCUT2D eigenvalue weighted by Crippen LogP contribution is 2.22. The number of thiazole rings is 1. The third kappa shape index (κ3) is 3.17. The van der Waals surface area contributed by atoms with Gasteiger partial charge < -0.3 is 10.3 Å². The predicted molar refractivity (Wildman–Crippen MR) is 95.3 cm³/mol. The highest BCUT2D eigenvalue weighted by atomic mass is 32.1. The fraction of sp³-hybridized carbons (Fsp3) is 0.235. The molecule has 3 rings (SSSR count). The minimum absolute atomic E-state index is 0. The van der Waals surface area contributed by atoms with Gasteiger partial charge in [0.25, 0.3) is 5.91 Å². The number of nitrogens with zero attached hydrogens (tertiary/aromatic N) is 1. The van der Waals surface area contributed by atoms with E-state index in [-0.39, 0.29) is 25.8 Å². The van der Waals surface area contributed by atoms with E-state index in [1.54, 1.807) is 11.6 Å². The topological polar surface area (TPSA) is 74.8 Å². The lowest BCUT2D eigenvalue weighted by atomic mass is 10.1. The zero-order chi connectivity index (χ0) is 16.6. The average Bonchev–Trinajstić information content (AvgIpc) is 3.12. The van der Waals surface area contributed by atoms with Gasteiger partial charge in [0.1, 0.15) is 5.69 Å². The van der Waals surface area contributed by atoms with Crippen molar-refractivity contribution in [3.8, 4) is 0 Å². The molecule has 0 bridgehead atoms. The molecule has 0 fully saturated rings. The van der Waals surface area contributed by atoms with Gasteiger partial charge in [-0.25, -0.2) is 4.98 Å². The Morgan fingerprint density at radius 3 is 2.74 bits per heavy atom. The molecule has 0 saturated carbocycles. The molecule has 0 radical (unpaired) electrons. The van der Waals surface area contributed by atoms with Gasteiger partial charge in [-0.05, 0) is 26.8 Å². The van der Waals surface area contributed by atoms with E-state index in [9.17, 15) is 9.59 Å². The Bertz CT molecular complexity index is 897. The van der Waals surface area contributed by atoms with E-state index in [1.165, 1.54) is 11.3 Å². The molecule has 0 spiro atoms. The molecule has 0 saturated heterocycles. The van der Waals surface area contributed by atoms with Gasteiger partial charge in [0.15, 0.2) is 5.01 Å². The van der Waals surface area contributed by atoms with Crippen molar-refractivity contribution >= 4 is 33.9 Å².